The van der Waals surface area contributed by atoms with E-state index in [-0.39, 0.29) is 10.8 Å². The third-order valence-electron chi connectivity index (χ3n) is 6.06. The van der Waals surface area contributed by atoms with E-state index >= 15 is 0 Å². The summed E-state index contributed by atoms with van der Waals surface area (Å²) < 4.78 is 38.8. The second kappa shape index (κ2) is 8.98. The summed E-state index contributed by atoms with van der Waals surface area (Å²) in [4.78, 5) is 14.2. The summed E-state index contributed by atoms with van der Waals surface area (Å²) >= 11 is 1.57. The van der Waals surface area contributed by atoms with Crippen molar-refractivity contribution in [2.45, 2.75) is 22.6 Å². The second-order valence-corrected chi connectivity index (χ2v) is 10.9. The molecule has 1 aromatic heterocycles. The number of methoxy groups -OCH3 is 1. The highest BCUT2D eigenvalue weighted by Gasteiger charge is 2.27. The highest BCUT2D eigenvalue weighted by atomic mass is 32.2. The molecule has 1 amide bonds. The van der Waals surface area contributed by atoms with Crippen molar-refractivity contribution in [3.63, 3.8) is 0 Å². The van der Waals surface area contributed by atoms with Crippen molar-refractivity contribution < 1.29 is 22.4 Å². The quantitative estimate of drug-likeness (QED) is 0.362. The zero-order valence-corrected chi connectivity index (χ0v) is 20.5. The summed E-state index contributed by atoms with van der Waals surface area (Å²) in [6, 6.07) is 15.7. The molecule has 1 aliphatic heterocycles. The van der Waals surface area contributed by atoms with Crippen LogP contribution in [0.3, 0.4) is 0 Å². The molecule has 1 saturated heterocycles. The zero-order valence-electron chi connectivity index (χ0n) is 18.8. The molecule has 0 unspecified atom stereocenters. The lowest BCUT2D eigenvalue weighted by Crippen LogP contribution is -2.27. The van der Waals surface area contributed by atoms with Gasteiger partial charge in [0.1, 0.15) is 16.9 Å². The number of hydrogen-bond donors (Lipinski definition) is 1. The van der Waals surface area contributed by atoms with Crippen LogP contribution < -0.4 is 10.1 Å². The number of rotatable bonds is 6. The fourth-order valence-corrected chi connectivity index (χ4v) is 6.23. The molecule has 0 radical (unpaired) electrons. The Kier molecular flexibility index (Phi) is 6.01. The Morgan fingerprint density at radius 3 is 2.53 bits per heavy atom. The van der Waals surface area contributed by atoms with Crippen LogP contribution in [0.4, 0.5) is 5.69 Å². The largest absolute Gasteiger partial charge is 0.496 e. The van der Waals surface area contributed by atoms with Gasteiger partial charge in [-0.25, -0.2) is 8.42 Å². The first kappa shape index (κ1) is 22.8. The maximum absolute atomic E-state index is 13.0. The van der Waals surface area contributed by atoms with E-state index in [0.717, 1.165) is 28.5 Å². The molecule has 7 nitrogen and oxygen atoms in total. The number of sulfonamides is 1. The normalized spacial score (nSPS) is 14.6. The molecule has 4 aromatic rings. The lowest BCUT2D eigenvalue weighted by Gasteiger charge is -2.15. The predicted molar refractivity (Wildman–Crippen MR) is 134 cm³/mol. The Hall–Kier alpha value is -3.01. The first-order valence-corrected chi connectivity index (χ1v) is 13.6. The Bertz CT molecular complexity index is 1500. The van der Waals surface area contributed by atoms with E-state index in [1.807, 2.05) is 24.5 Å². The maximum Gasteiger partial charge on any atom is 0.259 e. The number of carbonyl (C=O) groups is 1. The van der Waals surface area contributed by atoms with Gasteiger partial charge >= 0.3 is 0 Å². The van der Waals surface area contributed by atoms with E-state index in [1.165, 1.54) is 11.4 Å². The Labute approximate surface area is 202 Å². The summed E-state index contributed by atoms with van der Waals surface area (Å²) in [5.41, 5.74) is 2.15. The summed E-state index contributed by atoms with van der Waals surface area (Å²) in [5.74, 6) is 0.208. The SMILES string of the molecule is COc1cc(SC)ccc1C(=O)Nc1ccc2c(c1)oc1ccc(S(=O)(=O)N3CCCC3)cc12. The Morgan fingerprint density at radius 1 is 1.00 bits per heavy atom. The van der Waals surface area contributed by atoms with Gasteiger partial charge in [-0.15, -0.1) is 11.8 Å². The van der Waals surface area contributed by atoms with Gasteiger partial charge in [-0.1, -0.05) is 0 Å². The number of hydrogen-bond acceptors (Lipinski definition) is 6. The van der Waals surface area contributed by atoms with Gasteiger partial charge in [0.05, 0.1) is 17.6 Å². The standard InChI is InChI=1S/C25H24N2O5S2/c1-31-23-14-17(33-2)6-9-20(23)25(28)26-16-5-8-19-21-15-18(7-10-22(21)32-24(19)13-16)34(29,30)27-11-3-4-12-27/h5-10,13-15H,3-4,11-12H2,1-2H3,(H,26,28). The minimum atomic E-state index is -3.52. The predicted octanol–water partition coefficient (Wildman–Crippen LogP) is 5.35. The molecular weight excluding hydrogens is 472 g/mol. The molecule has 0 aliphatic carbocycles. The number of benzene rings is 3. The van der Waals surface area contributed by atoms with Crippen LogP contribution in [0, 0.1) is 0 Å². The van der Waals surface area contributed by atoms with E-state index in [2.05, 4.69) is 5.32 Å². The highest BCUT2D eigenvalue weighted by molar-refractivity contribution is 7.98. The fraction of sp³-hybridized carbons (Fsp3) is 0.240. The first-order chi connectivity index (χ1) is 16.4. The molecule has 2 heterocycles. The number of ether oxygens (including phenoxy) is 1. The van der Waals surface area contributed by atoms with E-state index in [1.54, 1.807) is 48.2 Å². The Morgan fingerprint density at radius 2 is 1.79 bits per heavy atom. The molecule has 0 saturated carbocycles. The van der Waals surface area contributed by atoms with Crippen LogP contribution in [0.5, 0.6) is 5.75 Å². The van der Waals surface area contributed by atoms with Crippen molar-refractivity contribution in [2.24, 2.45) is 0 Å². The molecule has 5 rings (SSSR count). The molecule has 0 bridgehead atoms. The summed E-state index contributed by atoms with van der Waals surface area (Å²) in [7, 11) is -1.99. The summed E-state index contributed by atoms with van der Waals surface area (Å²) in [6.45, 7) is 1.11. The van der Waals surface area contributed by atoms with Crippen LogP contribution in [0.1, 0.15) is 23.2 Å². The van der Waals surface area contributed by atoms with Crippen LogP contribution in [-0.2, 0) is 10.0 Å². The van der Waals surface area contributed by atoms with Gasteiger partial charge in [0.2, 0.25) is 10.0 Å². The van der Waals surface area contributed by atoms with E-state index in [4.69, 9.17) is 9.15 Å². The number of furan rings is 1. The smallest absolute Gasteiger partial charge is 0.259 e. The van der Waals surface area contributed by atoms with Crippen molar-refractivity contribution in [3.8, 4) is 5.75 Å². The third-order valence-corrected chi connectivity index (χ3v) is 8.68. The van der Waals surface area contributed by atoms with Gasteiger partial charge < -0.3 is 14.5 Å². The molecule has 1 N–H and O–H groups in total. The molecule has 9 heteroatoms. The number of carbonyl (C=O) groups excluding carboxylic acids is 1. The molecular formula is C25H24N2O5S2. The molecule has 34 heavy (non-hydrogen) atoms. The van der Waals surface area contributed by atoms with Crippen molar-refractivity contribution in [2.75, 3.05) is 31.8 Å². The molecule has 3 aromatic carbocycles. The number of nitrogens with one attached hydrogen (secondary N) is 1. The lowest BCUT2D eigenvalue weighted by molar-refractivity contribution is 0.102. The topological polar surface area (TPSA) is 88.8 Å². The maximum atomic E-state index is 13.0. The molecule has 1 aliphatic rings. The fourth-order valence-electron chi connectivity index (χ4n) is 4.26. The van der Waals surface area contributed by atoms with Crippen molar-refractivity contribution >= 4 is 55.3 Å². The van der Waals surface area contributed by atoms with Gasteiger partial charge in [0.25, 0.3) is 5.91 Å². The van der Waals surface area contributed by atoms with E-state index < -0.39 is 10.0 Å². The summed E-state index contributed by atoms with van der Waals surface area (Å²) in [6.07, 6.45) is 3.73. The molecule has 1 fully saturated rings. The number of thioether (sulfide) groups is 1. The number of nitrogens with zero attached hydrogens (tertiary/aromatic N) is 1. The van der Waals surface area contributed by atoms with Crippen molar-refractivity contribution in [3.05, 3.63) is 60.2 Å². The van der Waals surface area contributed by atoms with Crippen LogP contribution in [0.15, 0.2) is 68.8 Å². The third kappa shape index (κ3) is 4.04. The van der Waals surface area contributed by atoms with Crippen molar-refractivity contribution in [1.29, 1.82) is 0 Å². The average molecular weight is 497 g/mol. The number of anilines is 1. The highest BCUT2D eigenvalue weighted by Crippen LogP contribution is 2.34. The number of amides is 1. The Balaban J connectivity index is 1.46. The zero-order chi connectivity index (χ0) is 23.9. The molecule has 0 atom stereocenters. The van der Waals surface area contributed by atoms with Gasteiger partial charge in [-0.3, -0.25) is 4.79 Å². The number of fused-ring (bicyclic) bond motifs is 3. The summed E-state index contributed by atoms with van der Waals surface area (Å²) in [5, 5.41) is 4.40. The average Bonchev–Trinajstić information content (AvgIpc) is 3.51. The van der Waals surface area contributed by atoms with Gasteiger partial charge in [0, 0.05) is 40.5 Å². The molecule has 176 valence electrons. The minimum absolute atomic E-state index is 0.266. The minimum Gasteiger partial charge on any atom is -0.496 e. The van der Waals surface area contributed by atoms with Crippen molar-refractivity contribution in [1.82, 2.24) is 4.31 Å². The first-order valence-electron chi connectivity index (χ1n) is 10.9. The van der Waals surface area contributed by atoms with E-state index in [9.17, 15) is 13.2 Å². The van der Waals surface area contributed by atoms with Gasteiger partial charge in [0.15, 0.2) is 0 Å². The van der Waals surface area contributed by atoms with Crippen LogP contribution in [0.2, 0.25) is 0 Å². The van der Waals surface area contributed by atoms with Crippen LogP contribution >= 0.6 is 11.8 Å². The van der Waals surface area contributed by atoms with Crippen LogP contribution in [-0.4, -0.2) is 45.1 Å². The monoisotopic (exact) mass is 496 g/mol. The van der Waals surface area contributed by atoms with Crippen LogP contribution in [0.25, 0.3) is 21.9 Å². The lowest BCUT2D eigenvalue weighted by atomic mass is 10.1. The van der Waals surface area contributed by atoms with Gasteiger partial charge in [-0.2, -0.15) is 4.31 Å². The molecule has 0 spiro atoms. The van der Waals surface area contributed by atoms with E-state index in [0.29, 0.717) is 41.3 Å². The second-order valence-electron chi connectivity index (χ2n) is 8.10. The van der Waals surface area contributed by atoms with Gasteiger partial charge in [-0.05, 0) is 67.6 Å².